The summed E-state index contributed by atoms with van der Waals surface area (Å²) in [6, 6.07) is 0. The molecule has 0 bridgehead atoms. The van der Waals surface area contributed by atoms with Crippen molar-refractivity contribution in [3.63, 3.8) is 0 Å². The van der Waals surface area contributed by atoms with Gasteiger partial charge in [-0.25, -0.2) is 0 Å². The zero-order valence-electron chi connectivity index (χ0n) is 16.3. The first-order valence-corrected chi connectivity index (χ1v) is 19.4. The van der Waals surface area contributed by atoms with Crippen molar-refractivity contribution in [3.05, 3.63) is 28.4 Å². The van der Waals surface area contributed by atoms with Crippen molar-refractivity contribution in [1.82, 2.24) is 19.9 Å². The Morgan fingerprint density at radius 2 is 1.89 bits per heavy atom. The molecule has 0 saturated heterocycles. The van der Waals surface area contributed by atoms with Crippen molar-refractivity contribution in [1.29, 1.82) is 0 Å². The molecule has 1 aliphatic heterocycles. The molecule has 0 radical (unpaired) electrons. The van der Waals surface area contributed by atoms with Gasteiger partial charge in [-0.05, 0) is 0 Å². The van der Waals surface area contributed by atoms with Gasteiger partial charge >= 0.3 is 162 Å². The number of hydrogen-bond donors (Lipinski definition) is 0. The maximum absolute atomic E-state index is 12.6. The minimum absolute atomic E-state index is 0.0726. The molecular weight excluding hydrogens is 449 g/mol. The number of aryl methyl sites for hydroxylation is 1. The van der Waals surface area contributed by atoms with Crippen molar-refractivity contribution >= 4 is 30.4 Å². The average molecular weight is 472 g/mol. The van der Waals surface area contributed by atoms with Gasteiger partial charge in [0.15, 0.2) is 0 Å². The molecule has 2 aromatic rings. The van der Waals surface area contributed by atoms with Crippen LogP contribution in [0.2, 0.25) is 18.8 Å². The van der Waals surface area contributed by atoms with E-state index in [0.29, 0.717) is 28.7 Å². The summed E-state index contributed by atoms with van der Waals surface area (Å²) < 4.78 is 5.38. The van der Waals surface area contributed by atoms with E-state index in [-0.39, 0.29) is 9.84 Å². The fraction of sp³-hybridized carbons (Fsp3) is 0.474. The zero-order chi connectivity index (χ0) is 19.3. The summed E-state index contributed by atoms with van der Waals surface area (Å²) in [5, 5.41) is 0.874. The minimum atomic E-state index is -2.48. The topological polar surface area (TPSA) is 90.2 Å². The van der Waals surface area contributed by atoms with Gasteiger partial charge in [-0.2, -0.15) is 0 Å². The Bertz CT molecular complexity index is 1060. The van der Waals surface area contributed by atoms with Gasteiger partial charge in [0.25, 0.3) is 0 Å². The van der Waals surface area contributed by atoms with E-state index in [1.807, 2.05) is 13.0 Å². The van der Waals surface area contributed by atoms with Crippen LogP contribution in [0.3, 0.4) is 0 Å². The molecule has 1 amide bonds. The Kier molecular flexibility index (Phi) is 4.52. The number of aromatic nitrogens is 4. The normalized spacial score (nSPS) is 19.1. The number of hydrogen-bond acceptors (Lipinski definition) is 6. The third-order valence-corrected chi connectivity index (χ3v) is 11.6. The Balaban J connectivity index is 1.94. The first-order chi connectivity index (χ1) is 12.8. The van der Waals surface area contributed by atoms with Gasteiger partial charge in [-0.1, -0.05) is 0 Å². The van der Waals surface area contributed by atoms with Crippen LogP contribution in [0.25, 0.3) is 17.5 Å². The number of carbonyl (C=O) groups excluding carboxylic acids is 1. The SMILES string of the molecule is COc1ncnc(C2CC2)c1-c1nc(C)c2c(n1)=NC(=O)[CH]([Sn]([CH3])([CH3])[CH3])C=2. The predicted octanol–water partition coefficient (Wildman–Crippen LogP) is 1.78. The van der Waals surface area contributed by atoms with Crippen molar-refractivity contribution < 1.29 is 9.53 Å². The molecule has 4 rings (SSSR count). The van der Waals surface area contributed by atoms with Gasteiger partial charge < -0.3 is 0 Å². The number of rotatable bonds is 4. The van der Waals surface area contributed by atoms with Crippen molar-refractivity contribution in [2.45, 2.75) is 44.4 Å². The van der Waals surface area contributed by atoms with Crippen LogP contribution in [0.1, 0.15) is 30.1 Å². The van der Waals surface area contributed by atoms with Crippen LogP contribution in [0.4, 0.5) is 0 Å². The standard InChI is InChI=1S/C16H14N5O2.3CH3.Sn/c1-8-10-5-6-11(22)20-14(10)21-15(19-8)12-13(9-3-4-9)17-7-18-16(12)23-2;;;;/h5-7,9H,3-4H2,1-2H3;3*1H3;. The number of nitrogens with zero attached hydrogens (tertiary/aromatic N) is 5. The van der Waals surface area contributed by atoms with Crippen LogP contribution in [0, 0.1) is 6.92 Å². The quantitative estimate of drug-likeness (QED) is 0.631. The fourth-order valence-electron chi connectivity index (χ4n) is 3.40. The summed E-state index contributed by atoms with van der Waals surface area (Å²) in [6.07, 6.45) is 5.74. The van der Waals surface area contributed by atoms with Gasteiger partial charge in [0.1, 0.15) is 0 Å². The van der Waals surface area contributed by atoms with E-state index in [4.69, 9.17) is 9.72 Å². The van der Waals surface area contributed by atoms with Gasteiger partial charge in [0, 0.05) is 0 Å². The molecule has 2 aliphatic rings. The van der Waals surface area contributed by atoms with Gasteiger partial charge in [-0.3, -0.25) is 0 Å². The molecular formula is C19H23N5O2Sn. The van der Waals surface area contributed by atoms with Crippen LogP contribution in [0.15, 0.2) is 11.3 Å². The first kappa shape index (κ1) is 18.5. The predicted molar refractivity (Wildman–Crippen MR) is 104 cm³/mol. The third kappa shape index (κ3) is 3.37. The molecule has 0 spiro atoms. The van der Waals surface area contributed by atoms with Crippen molar-refractivity contribution in [3.8, 4) is 17.3 Å². The molecule has 1 saturated carbocycles. The van der Waals surface area contributed by atoms with E-state index >= 15 is 0 Å². The number of methoxy groups -OCH3 is 1. The first-order valence-electron chi connectivity index (χ1n) is 9.18. The van der Waals surface area contributed by atoms with E-state index in [9.17, 15) is 4.79 Å². The van der Waals surface area contributed by atoms with Gasteiger partial charge in [0.2, 0.25) is 0 Å². The van der Waals surface area contributed by atoms with E-state index in [1.165, 1.54) is 6.33 Å². The number of fused-ring (bicyclic) bond motifs is 1. The van der Waals surface area contributed by atoms with Crippen molar-refractivity contribution in [2.75, 3.05) is 7.11 Å². The van der Waals surface area contributed by atoms with E-state index in [0.717, 1.165) is 29.4 Å². The molecule has 1 aliphatic carbocycles. The molecule has 0 N–H and O–H groups in total. The Morgan fingerprint density at radius 1 is 1.15 bits per heavy atom. The van der Waals surface area contributed by atoms with Crippen molar-refractivity contribution in [2.24, 2.45) is 4.99 Å². The molecule has 2 aromatic heterocycles. The Hall–Kier alpha value is -1.90. The second-order valence-electron chi connectivity index (χ2n) is 8.25. The molecule has 1 atom stereocenters. The molecule has 1 unspecified atom stereocenters. The molecule has 7 nitrogen and oxygen atoms in total. The number of carbonyl (C=O) groups is 1. The molecule has 8 heteroatoms. The van der Waals surface area contributed by atoms with Crippen LogP contribution in [-0.2, 0) is 4.79 Å². The van der Waals surface area contributed by atoms with E-state index in [2.05, 4.69) is 34.8 Å². The Labute approximate surface area is 161 Å². The number of amides is 1. The van der Waals surface area contributed by atoms with Gasteiger partial charge in [-0.15, -0.1) is 0 Å². The summed E-state index contributed by atoms with van der Waals surface area (Å²) in [4.78, 5) is 41.7. The van der Waals surface area contributed by atoms with E-state index < -0.39 is 18.4 Å². The molecule has 140 valence electrons. The average Bonchev–Trinajstić information content (AvgIpc) is 3.44. The second kappa shape index (κ2) is 6.61. The summed E-state index contributed by atoms with van der Waals surface area (Å²) in [5.74, 6) is 1.25. The summed E-state index contributed by atoms with van der Waals surface area (Å²) >= 11 is -2.48. The Morgan fingerprint density at radius 3 is 2.52 bits per heavy atom. The summed E-state index contributed by atoms with van der Waals surface area (Å²) in [7, 11) is 1.58. The van der Waals surface area contributed by atoms with Crippen LogP contribution >= 0.6 is 0 Å². The molecule has 0 aromatic carbocycles. The fourth-order valence-corrected chi connectivity index (χ4v) is 7.61. The monoisotopic (exact) mass is 473 g/mol. The molecule has 3 heterocycles. The van der Waals surface area contributed by atoms with Crippen LogP contribution < -0.4 is 15.4 Å². The molecule has 27 heavy (non-hydrogen) atoms. The van der Waals surface area contributed by atoms with Crippen LogP contribution in [0.5, 0.6) is 5.88 Å². The second-order valence-corrected chi connectivity index (χ2v) is 23.5. The van der Waals surface area contributed by atoms with Crippen LogP contribution in [-0.4, -0.2) is 51.3 Å². The molecule has 1 fully saturated rings. The zero-order valence-corrected chi connectivity index (χ0v) is 19.1. The van der Waals surface area contributed by atoms with Gasteiger partial charge in [0.05, 0.1) is 0 Å². The maximum atomic E-state index is 12.6. The number of ether oxygens (including phenoxy) is 1. The van der Waals surface area contributed by atoms with E-state index in [1.54, 1.807) is 7.11 Å². The third-order valence-electron chi connectivity index (χ3n) is 5.09. The summed E-state index contributed by atoms with van der Waals surface area (Å²) in [6.45, 7) is 1.94. The summed E-state index contributed by atoms with van der Waals surface area (Å²) in [5.41, 5.74) is 2.89.